The highest BCUT2D eigenvalue weighted by atomic mass is 35.5. The first kappa shape index (κ1) is 27.6. The van der Waals surface area contributed by atoms with E-state index in [1.807, 2.05) is 6.07 Å². The molecule has 1 aliphatic heterocycles. The van der Waals surface area contributed by atoms with E-state index in [4.69, 9.17) is 27.9 Å². The zero-order valence-electron chi connectivity index (χ0n) is 22.1. The second kappa shape index (κ2) is 11.4. The summed E-state index contributed by atoms with van der Waals surface area (Å²) in [6.07, 6.45) is 3.09. The van der Waals surface area contributed by atoms with Gasteiger partial charge in [0.1, 0.15) is 17.8 Å². The van der Waals surface area contributed by atoms with Crippen molar-refractivity contribution in [1.29, 1.82) is 0 Å². The zero-order valence-corrected chi connectivity index (χ0v) is 23.6. The number of carboxylic acid groups (broad SMARTS) is 1. The molecule has 0 aliphatic carbocycles. The molecule has 1 atom stereocenters. The Labute approximate surface area is 248 Å². The van der Waals surface area contributed by atoms with Gasteiger partial charge in [0.25, 0.3) is 5.56 Å². The Hall–Kier alpha value is -4.59. The van der Waals surface area contributed by atoms with E-state index in [0.717, 1.165) is 16.2 Å². The van der Waals surface area contributed by atoms with Crippen LogP contribution in [-0.2, 0) is 11.2 Å². The van der Waals surface area contributed by atoms with E-state index in [0.29, 0.717) is 52.0 Å². The van der Waals surface area contributed by atoms with Crippen LogP contribution in [0.4, 0.5) is 10.5 Å². The Morgan fingerprint density at radius 3 is 2.79 bits per heavy atom. The fourth-order valence-corrected chi connectivity index (χ4v) is 5.54. The Morgan fingerprint density at radius 1 is 1.21 bits per heavy atom. The maximum absolute atomic E-state index is 13.5. The Morgan fingerprint density at radius 2 is 2.07 bits per heavy atom. The second-order valence-electron chi connectivity index (χ2n) is 9.53. The number of carbonyl (C=O) groups is 1. The van der Waals surface area contributed by atoms with Gasteiger partial charge in [-0.05, 0) is 65.2 Å². The minimum atomic E-state index is -1.11. The molecule has 1 amide bonds. The number of hydrogen-bond acceptors (Lipinski definition) is 8. The van der Waals surface area contributed by atoms with Crippen molar-refractivity contribution in [2.45, 2.75) is 18.9 Å². The summed E-state index contributed by atoms with van der Waals surface area (Å²) in [5, 5.41) is 21.6. The van der Waals surface area contributed by atoms with Crippen molar-refractivity contribution in [3.63, 3.8) is 0 Å². The number of anilines is 1. The average molecular weight is 608 g/mol. The van der Waals surface area contributed by atoms with Crippen molar-refractivity contribution >= 4 is 35.0 Å². The van der Waals surface area contributed by atoms with Crippen LogP contribution in [0.15, 0.2) is 59.8 Å². The molecule has 5 heterocycles. The monoisotopic (exact) mass is 607 g/mol. The molecule has 214 valence electrons. The number of tetrazole rings is 1. The number of halogens is 2. The SMILES string of the molecule is COCCN(C(=O)O)c1ccc(-c2[nH]c([C@@H]3CCc4cc(-c5cc(Cl)ccc5-n5cnnn5)cc(=O)n43)nc2Cl)nc1. The van der Waals surface area contributed by atoms with Crippen molar-refractivity contribution in [2.75, 3.05) is 25.2 Å². The minimum Gasteiger partial charge on any atom is -0.465 e. The molecule has 0 radical (unpaired) electrons. The first-order valence-electron chi connectivity index (χ1n) is 12.8. The van der Waals surface area contributed by atoms with Crippen LogP contribution < -0.4 is 10.5 Å². The normalized spacial score (nSPS) is 14.2. The third-order valence-corrected chi connectivity index (χ3v) is 7.57. The molecule has 1 aliphatic rings. The van der Waals surface area contributed by atoms with Gasteiger partial charge < -0.3 is 19.4 Å². The summed E-state index contributed by atoms with van der Waals surface area (Å²) in [4.78, 5) is 38.5. The Bertz CT molecular complexity index is 1820. The van der Waals surface area contributed by atoms with E-state index in [1.165, 1.54) is 24.3 Å². The summed E-state index contributed by atoms with van der Waals surface area (Å²) in [6.45, 7) is 0.405. The molecule has 15 heteroatoms. The van der Waals surface area contributed by atoms with Crippen LogP contribution in [0.25, 0.3) is 28.2 Å². The third-order valence-electron chi connectivity index (χ3n) is 7.06. The predicted octanol–water partition coefficient (Wildman–Crippen LogP) is 4.25. The van der Waals surface area contributed by atoms with E-state index in [9.17, 15) is 14.7 Å². The molecule has 0 saturated heterocycles. The van der Waals surface area contributed by atoms with E-state index < -0.39 is 6.09 Å². The summed E-state index contributed by atoms with van der Waals surface area (Å²) in [5.41, 5.74) is 4.10. The van der Waals surface area contributed by atoms with Gasteiger partial charge in [-0.1, -0.05) is 23.2 Å². The van der Waals surface area contributed by atoms with E-state index in [1.54, 1.807) is 41.0 Å². The van der Waals surface area contributed by atoms with Crippen LogP contribution in [0.5, 0.6) is 0 Å². The summed E-state index contributed by atoms with van der Waals surface area (Å²) in [7, 11) is 1.50. The fraction of sp³-hybridized carbons (Fsp3) is 0.222. The maximum atomic E-state index is 13.5. The van der Waals surface area contributed by atoms with Crippen LogP contribution >= 0.6 is 23.2 Å². The second-order valence-corrected chi connectivity index (χ2v) is 10.3. The molecular weight excluding hydrogens is 585 g/mol. The fourth-order valence-electron chi connectivity index (χ4n) is 5.13. The Balaban J connectivity index is 1.31. The number of fused-ring (bicyclic) bond motifs is 1. The smallest absolute Gasteiger partial charge is 0.411 e. The van der Waals surface area contributed by atoms with Crippen molar-refractivity contribution in [1.82, 2.24) is 39.7 Å². The molecule has 4 aromatic heterocycles. The van der Waals surface area contributed by atoms with Gasteiger partial charge in [0.2, 0.25) is 0 Å². The topological polar surface area (TPSA) is 157 Å². The minimum absolute atomic E-state index is 0.162. The highest BCUT2D eigenvalue weighted by Crippen LogP contribution is 2.36. The molecule has 13 nitrogen and oxygen atoms in total. The van der Waals surface area contributed by atoms with Gasteiger partial charge in [-0.25, -0.2) is 9.78 Å². The number of methoxy groups -OCH3 is 1. The summed E-state index contributed by atoms with van der Waals surface area (Å²) in [5.74, 6) is 0.527. The van der Waals surface area contributed by atoms with Crippen LogP contribution in [0, 0.1) is 0 Å². The number of benzene rings is 1. The van der Waals surface area contributed by atoms with Crippen LogP contribution in [0.1, 0.15) is 24.0 Å². The highest BCUT2D eigenvalue weighted by molar-refractivity contribution is 6.32. The highest BCUT2D eigenvalue weighted by Gasteiger charge is 2.29. The number of aryl methyl sites for hydroxylation is 1. The number of pyridine rings is 2. The lowest BCUT2D eigenvalue weighted by atomic mass is 10.0. The number of rotatable bonds is 8. The molecular formula is C27H23Cl2N9O4. The number of ether oxygens (including phenoxy) is 1. The lowest BCUT2D eigenvalue weighted by Gasteiger charge is -2.18. The van der Waals surface area contributed by atoms with Gasteiger partial charge in [0.05, 0.1) is 42.5 Å². The lowest BCUT2D eigenvalue weighted by molar-refractivity contribution is 0.186. The first-order valence-corrected chi connectivity index (χ1v) is 13.6. The van der Waals surface area contributed by atoms with E-state index in [2.05, 4.69) is 30.5 Å². The molecule has 1 aromatic carbocycles. The molecule has 0 unspecified atom stereocenters. The van der Waals surface area contributed by atoms with Gasteiger partial charge >= 0.3 is 6.09 Å². The number of nitrogens with zero attached hydrogens (tertiary/aromatic N) is 8. The molecule has 0 saturated carbocycles. The van der Waals surface area contributed by atoms with Gasteiger partial charge in [-0.15, -0.1) is 5.10 Å². The molecule has 0 fully saturated rings. The standard InChI is InChI=1S/C27H23Cl2N9O4/c1-42-9-8-36(27(40)41)18-3-5-20(30-13-18)24-25(29)33-26(32-24)22-7-4-17-10-15(11-23(39)38(17)22)19-12-16(28)2-6-21(19)37-14-31-34-35-37/h2-3,5-6,10-14,22H,4,7-9H2,1H3,(H,32,33)(H,40,41)/t22-/m0/s1. The van der Waals surface area contributed by atoms with Crippen LogP contribution in [0.2, 0.25) is 10.2 Å². The number of nitrogens with one attached hydrogen (secondary N) is 1. The molecule has 0 bridgehead atoms. The largest absolute Gasteiger partial charge is 0.465 e. The van der Waals surface area contributed by atoms with Crippen LogP contribution in [-0.4, -0.2) is 71.2 Å². The van der Waals surface area contributed by atoms with Gasteiger partial charge in [0, 0.05) is 29.5 Å². The Kier molecular flexibility index (Phi) is 7.45. The molecule has 5 aromatic rings. The number of hydrogen-bond donors (Lipinski definition) is 2. The van der Waals surface area contributed by atoms with Crippen LogP contribution in [0.3, 0.4) is 0 Å². The third kappa shape index (κ3) is 5.13. The zero-order chi connectivity index (χ0) is 29.4. The quantitative estimate of drug-likeness (QED) is 0.263. The summed E-state index contributed by atoms with van der Waals surface area (Å²) in [6, 6.07) is 11.8. The number of amides is 1. The summed E-state index contributed by atoms with van der Waals surface area (Å²) >= 11 is 12.8. The van der Waals surface area contributed by atoms with E-state index in [-0.39, 0.29) is 29.9 Å². The molecule has 2 N–H and O–H groups in total. The van der Waals surface area contributed by atoms with Crippen molar-refractivity contribution in [3.05, 3.63) is 87.0 Å². The maximum Gasteiger partial charge on any atom is 0.411 e. The van der Waals surface area contributed by atoms with Crippen molar-refractivity contribution in [3.8, 4) is 28.2 Å². The van der Waals surface area contributed by atoms with Gasteiger partial charge in [0.15, 0.2) is 5.15 Å². The summed E-state index contributed by atoms with van der Waals surface area (Å²) < 4.78 is 8.23. The van der Waals surface area contributed by atoms with Crippen molar-refractivity contribution in [2.24, 2.45) is 0 Å². The number of H-pyrrole nitrogens is 1. The van der Waals surface area contributed by atoms with Crippen molar-refractivity contribution < 1.29 is 14.6 Å². The molecule has 0 spiro atoms. The average Bonchev–Trinajstić information content (AvgIpc) is 3.74. The number of imidazole rings is 1. The predicted molar refractivity (Wildman–Crippen MR) is 154 cm³/mol. The van der Waals surface area contributed by atoms with Gasteiger partial charge in [-0.3, -0.25) is 14.7 Å². The number of aromatic nitrogens is 8. The van der Waals surface area contributed by atoms with Gasteiger partial charge in [-0.2, -0.15) is 4.68 Å². The first-order chi connectivity index (χ1) is 20.3. The number of aromatic amines is 1. The molecule has 6 rings (SSSR count). The molecule has 42 heavy (non-hydrogen) atoms. The lowest BCUT2D eigenvalue weighted by Crippen LogP contribution is -2.32. The van der Waals surface area contributed by atoms with E-state index >= 15 is 0 Å².